The number of halogens is 1. The molecule has 216 valence electrons. The molecule has 1 N–H and O–H groups in total. The second kappa shape index (κ2) is 10.7. The SMILES string of the molecule is COc1cc(C2C3=C(CC(C)(C)CC3=O)N(C)C3=C2C(=O)CC(C)(C)C3)ccc1OCC(=O)Nc1ccc(Cl)cc1. The molecule has 0 aromatic heterocycles. The summed E-state index contributed by atoms with van der Waals surface area (Å²) >= 11 is 5.92. The van der Waals surface area contributed by atoms with Gasteiger partial charge in [-0.05, 0) is 65.6 Å². The lowest BCUT2D eigenvalue weighted by atomic mass is 9.64. The molecule has 5 rings (SSSR count). The smallest absolute Gasteiger partial charge is 0.262 e. The Bertz CT molecular complexity index is 1430. The molecule has 1 amide bonds. The fourth-order valence-corrected chi connectivity index (χ4v) is 6.48. The van der Waals surface area contributed by atoms with Crippen LogP contribution in [0.3, 0.4) is 0 Å². The molecule has 0 saturated heterocycles. The van der Waals surface area contributed by atoms with Crippen LogP contribution in [0.1, 0.15) is 64.9 Å². The lowest BCUT2D eigenvalue weighted by Crippen LogP contribution is -2.43. The highest BCUT2D eigenvalue weighted by atomic mass is 35.5. The van der Waals surface area contributed by atoms with E-state index in [9.17, 15) is 14.4 Å². The summed E-state index contributed by atoms with van der Waals surface area (Å²) in [6, 6.07) is 12.3. The summed E-state index contributed by atoms with van der Waals surface area (Å²) in [5, 5.41) is 3.35. The van der Waals surface area contributed by atoms with Gasteiger partial charge in [0.05, 0.1) is 7.11 Å². The highest BCUT2D eigenvalue weighted by molar-refractivity contribution is 6.30. The van der Waals surface area contributed by atoms with Crippen LogP contribution in [0.4, 0.5) is 5.69 Å². The first-order valence-corrected chi connectivity index (χ1v) is 14.3. The number of ether oxygens (including phenoxy) is 2. The molecule has 0 radical (unpaired) electrons. The minimum Gasteiger partial charge on any atom is -0.493 e. The van der Waals surface area contributed by atoms with Crippen molar-refractivity contribution < 1.29 is 23.9 Å². The molecule has 1 aliphatic heterocycles. The zero-order chi connectivity index (χ0) is 29.7. The molecule has 0 atom stereocenters. The second-order valence-electron chi connectivity index (χ2n) is 12.8. The summed E-state index contributed by atoms with van der Waals surface area (Å²) in [4.78, 5) is 42.1. The zero-order valence-electron chi connectivity index (χ0n) is 24.5. The number of hydrogen-bond donors (Lipinski definition) is 1. The Balaban J connectivity index is 1.49. The Morgan fingerprint density at radius 3 is 2.00 bits per heavy atom. The van der Waals surface area contributed by atoms with Gasteiger partial charge < -0.3 is 19.7 Å². The normalized spacial score (nSPS) is 20.0. The van der Waals surface area contributed by atoms with Crippen molar-refractivity contribution in [3.05, 3.63) is 75.6 Å². The number of nitrogens with one attached hydrogen (secondary N) is 1. The number of benzene rings is 2. The molecule has 7 nitrogen and oxygen atoms in total. The largest absolute Gasteiger partial charge is 0.493 e. The lowest BCUT2D eigenvalue weighted by molar-refractivity contribution is -0.120. The molecule has 2 aromatic rings. The molecule has 1 heterocycles. The van der Waals surface area contributed by atoms with Crippen LogP contribution in [0.15, 0.2) is 65.0 Å². The van der Waals surface area contributed by atoms with E-state index >= 15 is 0 Å². The Kier molecular flexibility index (Phi) is 7.53. The van der Waals surface area contributed by atoms with E-state index in [-0.39, 0.29) is 34.9 Å². The number of allylic oxidation sites excluding steroid dienone is 4. The summed E-state index contributed by atoms with van der Waals surface area (Å²) in [6.07, 6.45) is 2.38. The average Bonchev–Trinajstić information content (AvgIpc) is 2.89. The number of nitrogens with zero attached hydrogens (tertiary/aromatic N) is 1. The van der Waals surface area contributed by atoms with Gasteiger partial charge in [0.1, 0.15) is 0 Å². The molecule has 0 bridgehead atoms. The predicted molar refractivity (Wildman–Crippen MR) is 159 cm³/mol. The van der Waals surface area contributed by atoms with Gasteiger partial charge in [-0.15, -0.1) is 0 Å². The third-order valence-corrected chi connectivity index (χ3v) is 8.44. The third kappa shape index (κ3) is 5.78. The molecule has 3 aliphatic rings. The minimum atomic E-state index is -0.473. The number of carbonyl (C=O) groups is 3. The fraction of sp³-hybridized carbons (Fsp3) is 0.424. The number of carbonyl (C=O) groups excluding carboxylic acids is 3. The van der Waals surface area contributed by atoms with E-state index in [2.05, 4.69) is 37.9 Å². The van der Waals surface area contributed by atoms with Crippen molar-refractivity contribution in [1.82, 2.24) is 4.90 Å². The molecule has 8 heteroatoms. The van der Waals surface area contributed by atoms with Crippen LogP contribution >= 0.6 is 11.6 Å². The summed E-state index contributed by atoms with van der Waals surface area (Å²) in [7, 11) is 3.53. The summed E-state index contributed by atoms with van der Waals surface area (Å²) in [6.45, 7) is 8.26. The Morgan fingerprint density at radius 1 is 0.902 bits per heavy atom. The summed E-state index contributed by atoms with van der Waals surface area (Å²) < 4.78 is 11.5. The number of rotatable bonds is 6. The van der Waals surface area contributed by atoms with Crippen LogP contribution in [-0.2, 0) is 14.4 Å². The van der Waals surface area contributed by atoms with E-state index in [0.29, 0.717) is 46.2 Å². The molecule has 2 aromatic carbocycles. The molecule has 0 spiro atoms. The van der Waals surface area contributed by atoms with Crippen molar-refractivity contribution in [2.24, 2.45) is 10.8 Å². The third-order valence-electron chi connectivity index (χ3n) is 8.19. The molecule has 0 fully saturated rings. The van der Waals surface area contributed by atoms with Gasteiger partial charge in [-0.1, -0.05) is 45.4 Å². The summed E-state index contributed by atoms with van der Waals surface area (Å²) in [5.74, 6) is 0.179. The molecule has 41 heavy (non-hydrogen) atoms. The predicted octanol–water partition coefficient (Wildman–Crippen LogP) is 6.68. The van der Waals surface area contributed by atoms with E-state index in [1.807, 2.05) is 19.2 Å². The minimum absolute atomic E-state index is 0.0791. The molecular formula is C33H37ClN2O5. The molecule has 0 unspecified atom stereocenters. The monoisotopic (exact) mass is 576 g/mol. The van der Waals surface area contributed by atoms with Gasteiger partial charge >= 0.3 is 0 Å². The Hall–Kier alpha value is -3.58. The Morgan fingerprint density at radius 2 is 1.46 bits per heavy atom. The maximum absolute atomic E-state index is 13.7. The van der Waals surface area contributed by atoms with Gasteiger partial charge in [0.25, 0.3) is 5.91 Å². The van der Waals surface area contributed by atoms with E-state index in [1.54, 1.807) is 30.3 Å². The topological polar surface area (TPSA) is 84.9 Å². The van der Waals surface area contributed by atoms with Gasteiger partial charge in [0.2, 0.25) is 0 Å². The molecular weight excluding hydrogens is 540 g/mol. The molecule has 2 aliphatic carbocycles. The van der Waals surface area contributed by atoms with Crippen LogP contribution in [0.2, 0.25) is 5.02 Å². The zero-order valence-corrected chi connectivity index (χ0v) is 25.3. The second-order valence-corrected chi connectivity index (χ2v) is 13.3. The fourth-order valence-electron chi connectivity index (χ4n) is 6.35. The van der Waals surface area contributed by atoms with Gasteiger partial charge in [0, 0.05) is 59.1 Å². The highest BCUT2D eigenvalue weighted by Gasteiger charge is 2.48. The van der Waals surface area contributed by atoms with Crippen molar-refractivity contribution in [2.45, 2.75) is 59.3 Å². The van der Waals surface area contributed by atoms with Crippen molar-refractivity contribution in [1.29, 1.82) is 0 Å². The Labute approximate surface area is 246 Å². The van der Waals surface area contributed by atoms with E-state index in [1.165, 1.54) is 7.11 Å². The number of Topliss-reactive ketones (excluding diaryl/α,β-unsaturated/α-hetero) is 2. The number of anilines is 1. The highest BCUT2D eigenvalue weighted by Crippen LogP contribution is 2.54. The quantitative estimate of drug-likeness (QED) is 0.413. The van der Waals surface area contributed by atoms with Gasteiger partial charge in [-0.2, -0.15) is 0 Å². The van der Waals surface area contributed by atoms with E-state index < -0.39 is 5.92 Å². The van der Waals surface area contributed by atoms with Crippen LogP contribution in [-0.4, -0.2) is 43.1 Å². The summed E-state index contributed by atoms with van der Waals surface area (Å²) in [5.41, 5.74) is 4.49. The average molecular weight is 577 g/mol. The first-order chi connectivity index (χ1) is 19.3. The van der Waals surface area contributed by atoms with Gasteiger partial charge in [-0.25, -0.2) is 0 Å². The maximum Gasteiger partial charge on any atom is 0.262 e. The standard InChI is InChI=1S/C33H37ClN2O5/c1-32(2)14-22-30(24(37)16-32)29(31-23(36(22)5)15-33(3,4)17-25(31)38)19-7-12-26(27(13-19)40-6)41-18-28(39)35-21-10-8-20(34)9-11-21/h7-13,29H,14-18H2,1-6H3,(H,35,39). The van der Waals surface area contributed by atoms with E-state index in [0.717, 1.165) is 29.8 Å². The van der Waals surface area contributed by atoms with Crippen LogP contribution in [0, 0.1) is 10.8 Å². The van der Waals surface area contributed by atoms with Crippen molar-refractivity contribution in [2.75, 3.05) is 26.1 Å². The van der Waals surface area contributed by atoms with E-state index in [4.69, 9.17) is 21.1 Å². The number of amides is 1. The van der Waals surface area contributed by atoms with Crippen molar-refractivity contribution in [3.8, 4) is 11.5 Å². The van der Waals surface area contributed by atoms with Crippen molar-refractivity contribution in [3.63, 3.8) is 0 Å². The number of methoxy groups -OCH3 is 1. The van der Waals surface area contributed by atoms with Gasteiger partial charge in [-0.3, -0.25) is 14.4 Å². The first-order valence-electron chi connectivity index (χ1n) is 13.9. The van der Waals surface area contributed by atoms with Crippen molar-refractivity contribution >= 4 is 34.8 Å². The maximum atomic E-state index is 13.7. The van der Waals surface area contributed by atoms with Crippen LogP contribution in [0.25, 0.3) is 0 Å². The first kappa shape index (κ1) is 28.9. The van der Waals surface area contributed by atoms with Crippen LogP contribution in [0.5, 0.6) is 11.5 Å². The van der Waals surface area contributed by atoms with Gasteiger partial charge in [0.15, 0.2) is 29.7 Å². The van der Waals surface area contributed by atoms with Crippen LogP contribution < -0.4 is 14.8 Å². The number of hydrogen-bond acceptors (Lipinski definition) is 6. The lowest BCUT2D eigenvalue weighted by Gasteiger charge is -2.47. The number of ketones is 2. The molecule has 0 saturated carbocycles.